The summed E-state index contributed by atoms with van der Waals surface area (Å²) >= 11 is 0. The maximum absolute atomic E-state index is 10.1. The number of carbonyl (C=O) groups is 1. The normalized spacial score (nSPS) is 10.3. The number of aldehydes is 1. The van der Waals surface area contributed by atoms with Crippen LogP contribution in [-0.4, -0.2) is 20.5 Å². The molecule has 0 aliphatic rings. The van der Waals surface area contributed by atoms with Crippen molar-refractivity contribution in [1.29, 1.82) is 0 Å². The van der Waals surface area contributed by atoms with Gasteiger partial charge in [-0.2, -0.15) is 0 Å². The molecule has 0 fully saturated rings. The maximum Gasteiger partial charge on any atom is 0.161 e. The van der Waals surface area contributed by atoms with Crippen molar-refractivity contribution in [1.82, 2.24) is 0 Å². The standard InChI is InChI=1S/C12H14O3/c1-14-11-7-6-10(5-3-4-8-13)9-12(11)15-2/h3,5-9H,4H2,1-2H3/b5-3+. The Morgan fingerprint density at radius 3 is 2.53 bits per heavy atom. The molecule has 0 aromatic heterocycles. The van der Waals surface area contributed by atoms with E-state index in [1.165, 1.54) is 0 Å². The van der Waals surface area contributed by atoms with Gasteiger partial charge in [-0.25, -0.2) is 0 Å². The van der Waals surface area contributed by atoms with Gasteiger partial charge >= 0.3 is 0 Å². The molecule has 15 heavy (non-hydrogen) atoms. The first kappa shape index (κ1) is 11.3. The zero-order valence-corrected chi connectivity index (χ0v) is 8.90. The molecular formula is C12H14O3. The molecule has 0 aliphatic heterocycles. The van der Waals surface area contributed by atoms with Crippen molar-refractivity contribution in [3.63, 3.8) is 0 Å². The molecule has 0 amide bonds. The average Bonchev–Trinajstić information content (AvgIpc) is 2.29. The molecule has 0 atom stereocenters. The third-order valence-corrected chi connectivity index (χ3v) is 1.95. The minimum atomic E-state index is 0.425. The zero-order valence-electron chi connectivity index (χ0n) is 8.90. The molecule has 0 saturated heterocycles. The summed E-state index contributed by atoms with van der Waals surface area (Å²) in [6.45, 7) is 0. The Kier molecular flexibility index (Phi) is 4.41. The minimum Gasteiger partial charge on any atom is -0.493 e. The van der Waals surface area contributed by atoms with Gasteiger partial charge in [-0.15, -0.1) is 0 Å². The van der Waals surface area contributed by atoms with Gasteiger partial charge in [0.1, 0.15) is 6.29 Å². The van der Waals surface area contributed by atoms with Crippen LogP contribution < -0.4 is 9.47 Å². The lowest BCUT2D eigenvalue weighted by Crippen LogP contribution is -1.90. The van der Waals surface area contributed by atoms with E-state index in [1.807, 2.05) is 24.3 Å². The molecule has 0 spiro atoms. The van der Waals surface area contributed by atoms with Crippen molar-refractivity contribution in [2.24, 2.45) is 0 Å². The fourth-order valence-corrected chi connectivity index (χ4v) is 1.22. The number of allylic oxidation sites excluding steroid dienone is 1. The molecule has 0 radical (unpaired) electrons. The van der Waals surface area contributed by atoms with E-state index in [0.29, 0.717) is 17.9 Å². The van der Waals surface area contributed by atoms with Crippen molar-refractivity contribution in [2.75, 3.05) is 14.2 Å². The highest BCUT2D eigenvalue weighted by atomic mass is 16.5. The second-order valence-corrected chi connectivity index (χ2v) is 2.92. The summed E-state index contributed by atoms with van der Waals surface area (Å²) in [6.07, 6.45) is 4.95. The van der Waals surface area contributed by atoms with E-state index in [2.05, 4.69) is 0 Å². The number of benzene rings is 1. The van der Waals surface area contributed by atoms with Gasteiger partial charge < -0.3 is 14.3 Å². The van der Waals surface area contributed by atoms with Crippen LogP contribution in [0.5, 0.6) is 11.5 Å². The first-order chi connectivity index (χ1) is 7.31. The number of ether oxygens (including phenoxy) is 2. The molecule has 0 bridgehead atoms. The highest BCUT2D eigenvalue weighted by molar-refractivity contribution is 5.60. The summed E-state index contributed by atoms with van der Waals surface area (Å²) in [5.74, 6) is 1.38. The predicted molar refractivity (Wildman–Crippen MR) is 59.3 cm³/mol. The van der Waals surface area contributed by atoms with Crippen LogP contribution in [0, 0.1) is 0 Å². The minimum absolute atomic E-state index is 0.425. The number of hydrogen-bond donors (Lipinski definition) is 0. The molecule has 3 heteroatoms. The second-order valence-electron chi connectivity index (χ2n) is 2.92. The molecule has 0 unspecified atom stereocenters. The van der Waals surface area contributed by atoms with Gasteiger partial charge in [-0.3, -0.25) is 0 Å². The highest BCUT2D eigenvalue weighted by Gasteiger charge is 2.01. The first-order valence-electron chi connectivity index (χ1n) is 4.64. The SMILES string of the molecule is COc1ccc(/C=C/CC=O)cc1OC. The van der Waals surface area contributed by atoms with Crippen molar-refractivity contribution >= 4 is 12.4 Å². The average molecular weight is 206 g/mol. The Bertz CT molecular complexity index is 356. The smallest absolute Gasteiger partial charge is 0.161 e. The van der Waals surface area contributed by atoms with Gasteiger partial charge in [-0.05, 0) is 17.7 Å². The molecule has 80 valence electrons. The lowest BCUT2D eigenvalue weighted by Gasteiger charge is -2.07. The zero-order chi connectivity index (χ0) is 11.1. The summed E-state index contributed by atoms with van der Waals surface area (Å²) in [4.78, 5) is 10.1. The van der Waals surface area contributed by atoms with Crippen LogP contribution in [0.3, 0.4) is 0 Å². The van der Waals surface area contributed by atoms with Crippen LogP contribution >= 0.6 is 0 Å². The van der Waals surface area contributed by atoms with E-state index >= 15 is 0 Å². The predicted octanol–water partition coefficient (Wildman–Crippen LogP) is 2.31. The van der Waals surface area contributed by atoms with Gasteiger partial charge in [0.2, 0.25) is 0 Å². The molecule has 0 heterocycles. The maximum atomic E-state index is 10.1. The molecule has 1 rings (SSSR count). The fourth-order valence-electron chi connectivity index (χ4n) is 1.22. The van der Waals surface area contributed by atoms with Crippen molar-refractivity contribution in [3.05, 3.63) is 29.8 Å². The Balaban J connectivity index is 2.87. The van der Waals surface area contributed by atoms with Gasteiger partial charge in [0.05, 0.1) is 14.2 Å². The Labute approximate surface area is 89.3 Å². The van der Waals surface area contributed by atoms with Gasteiger partial charge in [-0.1, -0.05) is 18.2 Å². The van der Waals surface area contributed by atoms with E-state index in [9.17, 15) is 4.79 Å². The van der Waals surface area contributed by atoms with Crippen molar-refractivity contribution in [3.8, 4) is 11.5 Å². The molecule has 1 aromatic rings. The Hall–Kier alpha value is -1.77. The lowest BCUT2D eigenvalue weighted by molar-refractivity contribution is -0.107. The van der Waals surface area contributed by atoms with E-state index in [0.717, 1.165) is 11.8 Å². The fraction of sp³-hybridized carbons (Fsp3) is 0.250. The molecule has 3 nitrogen and oxygen atoms in total. The first-order valence-corrected chi connectivity index (χ1v) is 4.64. The number of rotatable bonds is 5. The van der Waals surface area contributed by atoms with Gasteiger partial charge in [0.25, 0.3) is 0 Å². The van der Waals surface area contributed by atoms with Crippen LogP contribution in [0.1, 0.15) is 12.0 Å². The summed E-state index contributed by atoms with van der Waals surface area (Å²) < 4.78 is 10.3. The summed E-state index contributed by atoms with van der Waals surface area (Å²) in [6, 6.07) is 5.60. The van der Waals surface area contributed by atoms with Crippen LogP contribution in [0.2, 0.25) is 0 Å². The summed E-state index contributed by atoms with van der Waals surface area (Å²) in [5.41, 5.74) is 0.981. The lowest BCUT2D eigenvalue weighted by atomic mass is 10.2. The van der Waals surface area contributed by atoms with Crippen LogP contribution in [0.15, 0.2) is 24.3 Å². The van der Waals surface area contributed by atoms with Crippen molar-refractivity contribution in [2.45, 2.75) is 6.42 Å². The van der Waals surface area contributed by atoms with Crippen LogP contribution in [0.4, 0.5) is 0 Å². The van der Waals surface area contributed by atoms with Crippen molar-refractivity contribution < 1.29 is 14.3 Å². The van der Waals surface area contributed by atoms with E-state index < -0.39 is 0 Å². The topological polar surface area (TPSA) is 35.5 Å². The number of carbonyl (C=O) groups excluding carboxylic acids is 1. The molecule has 1 aromatic carbocycles. The quantitative estimate of drug-likeness (QED) is 0.693. The Morgan fingerprint density at radius 1 is 1.20 bits per heavy atom. The third kappa shape index (κ3) is 3.13. The number of methoxy groups -OCH3 is 2. The summed E-state index contributed by atoms with van der Waals surface area (Å²) in [7, 11) is 3.19. The third-order valence-electron chi connectivity index (χ3n) is 1.95. The van der Waals surface area contributed by atoms with Crippen LogP contribution in [-0.2, 0) is 4.79 Å². The van der Waals surface area contributed by atoms with Crippen LogP contribution in [0.25, 0.3) is 6.08 Å². The monoisotopic (exact) mass is 206 g/mol. The molecule has 0 aliphatic carbocycles. The van der Waals surface area contributed by atoms with E-state index in [4.69, 9.17) is 9.47 Å². The molecule has 0 N–H and O–H groups in total. The van der Waals surface area contributed by atoms with Gasteiger partial charge in [0, 0.05) is 6.42 Å². The molecular weight excluding hydrogens is 192 g/mol. The Morgan fingerprint density at radius 2 is 1.93 bits per heavy atom. The van der Waals surface area contributed by atoms with E-state index in [1.54, 1.807) is 20.3 Å². The van der Waals surface area contributed by atoms with E-state index in [-0.39, 0.29) is 0 Å². The second kappa shape index (κ2) is 5.86. The summed E-state index contributed by atoms with van der Waals surface area (Å²) in [5, 5.41) is 0. The largest absolute Gasteiger partial charge is 0.493 e. The highest BCUT2D eigenvalue weighted by Crippen LogP contribution is 2.27. The molecule has 0 saturated carbocycles. The number of hydrogen-bond acceptors (Lipinski definition) is 3. The van der Waals surface area contributed by atoms with Gasteiger partial charge in [0.15, 0.2) is 11.5 Å².